The van der Waals surface area contributed by atoms with E-state index in [0.717, 1.165) is 17.7 Å². The minimum atomic E-state index is -1.93. The van der Waals surface area contributed by atoms with Gasteiger partial charge in [-0.25, -0.2) is 9.37 Å². The molecule has 2 fully saturated rings. The van der Waals surface area contributed by atoms with Crippen LogP contribution >= 0.6 is 22.9 Å². The SMILES string of the molecule is N#CN[C@H]1C[C@](F)(C(=O)Nc2nc(Cl)c(C3CCCCC3)s2)C1. The molecule has 2 N–H and O–H groups in total. The van der Waals surface area contributed by atoms with Gasteiger partial charge in [0, 0.05) is 23.8 Å². The molecule has 2 aliphatic carbocycles. The first kappa shape index (κ1) is 16.5. The molecule has 0 bridgehead atoms. The fraction of sp³-hybridized carbons (Fsp3) is 0.667. The first-order valence-corrected chi connectivity index (χ1v) is 9.02. The summed E-state index contributed by atoms with van der Waals surface area (Å²) in [6, 6.07) is -0.270. The van der Waals surface area contributed by atoms with E-state index < -0.39 is 11.6 Å². The van der Waals surface area contributed by atoms with Crippen LogP contribution in [0.15, 0.2) is 0 Å². The average Bonchev–Trinajstić information content (AvgIpc) is 2.87. The molecule has 2 aliphatic rings. The fourth-order valence-corrected chi connectivity index (χ4v) is 4.72. The summed E-state index contributed by atoms with van der Waals surface area (Å²) in [4.78, 5) is 17.3. The summed E-state index contributed by atoms with van der Waals surface area (Å²) in [6.45, 7) is 0. The lowest BCUT2D eigenvalue weighted by Crippen LogP contribution is -2.56. The number of carbonyl (C=O) groups is 1. The number of hydrogen-bond donors (Lipinski definition) is 2. The van der Waals surface area contributed by atoms with E-state index in [-0.39, 0.29) is 18.9 Å². The number of amides is 1. The van der Waals surface area contributed by atoms with Crippen molar-refractivity contribution in [3.05, 3.63) is 10.0 Å². The number of anilines is 1. The average molecular weight is 357 g/mol. The maximum atomic E-state index is 14.4. The van der Waals surface area contributed by atoms with Gasteiger partial charge in [-0.3, -0.25) is 10.1 Å². The highest BCUT2D eigenvalue weighted by Gasteiger charge is 2.51. The summed E-state index contributed by atoms with van der Waals surface area (Å²) in [6.07, 6.45) is 7.56. The van der Waals surface area contributed by atoms with E-state index in [0.29, 0.717) is 16.2 Å². The van der Waals surface area contributed by atoms with E-state index in [2.05, 4.69) is 15.6 Å². The Hall–Kier alpha value is -1.39. The molecule has 0 unspecified atom stereocenters. The summed E-state index contributed by atoms with van der Waals surface area (Å²) >= 11 is 7.54. The van der Waals surface area contributed by atoms with Gasteiger partial charge in [0.15, 0.2) is 17.0 Å². The second-order valence-corrected chi connectivity index (χ2v) is 7.68. The van der Waals surface area contributed by atoms with Gasteiger partial charge in [0.2, 0.25) is 0 Å². The van der Waals surface area contributed by atoms with Crippen molar-refractivity contribution in [1.29, 1.82) is 5.26 Å². The molecule has 0 atom stereocenters. The normalized spacial score (nSPS) is 27.8. The van der Waals surface area contributed by atoms with Gasteiger partial charge in [0.25, 0.3) is 5.91 Å². The van der Waals surface area contributed by atoms with Crippen LogP contribution in [0, 0.1) is 11.5 Å². The number of hydrogen-bond acceptors (Lipinski definition) is 5. The quantitative estimate of drug-likeness (QED) is 0.636. The van der Waals surface area contributed by atoms with Gasteiger partial charge < -0.3 is 5.32 Å². The van der Waals surface area contributed by atoms with Crippen LogP contribution in [0.25, 0.3) is 0 Å². The highest BCUT2D eigenvalue weighted by molar-refractivity contribution is 7.16. The highest BCUT2D eigenvalue weighted by atomic mass is 35.5. The van der Waals surface area contributed by atoms with Crippen LogP contribution in [0.3, 0.4) is 0 Å². The molecule has 1 heterocycles. The Morgan fingerprint density at radius 1 is 1.39 bits per heavy atom. The van der Waals surface area contributed by atoms with Gasteiger partial charge >= 0.3 is 0 Å². The predicted octanol–water partition coefficient (Wildman–Crippen LogP) is 3.72. The fourth-order valence-electron chi connectivity index (χ4n) is 3.29. The maximum absolute atomic E-state index is 14.4. The van der Waals surface area contributed by atoms with Crippen LogP contribution in [0.1, 0.15) is 55.7 Å². The van der Waals surface area contributed by atoms with Crippen molar-refractivity contribution in [3.63, 3.8) is 0 Å². The van der Waals surface area contributed by atoms with Gasteiger partial charge in [0.1, 0.15) is 5.15 Å². The largest absolute Gasteiger partial charge is 0.321 e. The van der Waals surface area contributed by atoms with Crippen molar-refractivity contribution in [3.8, 4) is 6.19 Å². The topological polar surface area (TPSA) is 77.8 Å². The standard InChI is InChI=1S/C15H18ClFN4OS/c16-12-11(9-4-2-1-3-5-9)23-14(20-12)21-13(22)15(17)6-10(7-15)19-8-18/h9-10,19H,1-7H2,(H,20,21,22)/t10-,15+. The number of rotatable bonds is 4. The number of carbonyl (C=O) groups excluding carboxylic acids is 1. The first-order chi connectivity index (χ1) is 11.0. The Morgan fingerprint density at radius 2 is 2.09 bits per heavy atom. The van der Waals surface area contributed by atoms with Crippen LogP contribution < -0.4 is 10.6 Å². The summed E-state index contributed by atoms with van der Waals surface area (Å²) in [7, 11) is 0. The van der Waals surface area contributed by atoms with Gasteiger partial charge in [-0.2, -0.15) is 5.26 Å². The zero-order valence-corrected chi connectivity index (χ0v) is 14.1. The van der Waals surface area contributed by atoms with Crippen LogP contribution in [0.5, 0.6) is 0 Å². The summed E-state index contributed by atoms with van der Waals surface area (Å²) < 4.78 is 14.4. The first-order valence-electron chi connectivity index (χ1n) is 7.83. The van der Waals surface area contributed by atoms with Crippen molar-refractivity contribution in [2.45, 2.75) is 62.6 Å². The van der Waals surface area contributed by atoms with Crippen molar-refractivity contribution in [2.75, 3.05) is 5.32 Å². The molecule has 1 aromatic heterocycles. The van der Waals surface area contributed by atoms with Crippen LogP contribution in [0.4, 0.5) is 9.52 Å². The lowest BCUT2D eigenvalue weighted by Gasteiger charge is -2.38. The molecule has 0 saturated heterocycles. The van der Waals surface area contributed by atoms with Crippen molar-refractivity contribution in [2.24, 2.45) is 0 Å². The molecule has 1 amide bonds. The van der Waals surface area contributed by atoms with Crippen LogP contribution in [-0.2, 0) is 4.79 Å². The van der Waals surface area contributed by atoms with Crippen molar-refractivity contribution >= 4 is 34.0 Å². The van der Waals surface area contributed by atoms with Crippen LogP contribution in [0.2, 0.25) is 5.15 Å². The van der Waals surface area contributed by atoms with E-state index in [1.807, 2.05) is 0 Å². The molecule has 8 heteroatoms. The Kier molecular flexibility index (Phi) is 4.74. The maximum Gasteiger partial charge on any atom is 0.263 e. The van der Waals surface area contributed by atoms with Gasteiger partial charge in [-0.05, 0) is 18.8 Å². The second kappa shape index (κ2) is 6.62. The summed E-state index contributed by atoms with van der Waals surface area (Å²) in [5.74, 6) is -0.305. The number of halogens is 2. The van der Waals surface area contributed by atoms with Gasteiger partial charge in [-0.1, -0.05) is 42.2 Å². The number of nitriles is 1. The molecule has 0 spiro atoms. The third kappa shape index (κ3) is 3.43. The number of alkyl halides is 1. The van der Waals surface area contributed by atoms with E-state index in [1.165, 1.54) is 30.6 Å². The Labute approximate surface area is 143 Å². The zero-order valence-electron chi connectivity index (χ0n) is 12.6. The second-order valence-electron chi connectivity index (χ2n) is 6.29. The smallest absolute Gasteiger partial charge is 0.263 e. The van der Waals surface area contributed by atoms with Gasteiger partial charge in [0.05, 0.1) is 0 Å². The minimum absolute atomic E-state index is 0.000975. The van der Waals surface area contributed by atoms with Gasteiger partial charge in [-0.15, -0.1) is 0 Å². The molecular formula is C15H18ClFN4OS. The molecular weight excluding hydrogens is 339 g/mol. The lowest BCUT2D eigenvalue weighted by atomic mass is 9.76. The molecule has 2 saturated carbocycles. The van der Waals surface area contributed by atoms with E-state index >= 15 is 0 Å². The molecule has 3 rings (SSSR count). The summed E-state index contributed by atoms with van der Waals surface area (Å²) in [5.41, 5.74) is -1.93. The van der Waals surface area contributed by atoms with E-state index in [9.17, 15) is 9.18 Å². The number of nitrogens with one attached hydrogen (secondary N) is 2. The Bertz CT molecular complexity index is 632. The van der Waals surface area contributed by atoms with E-state index in [4.69, 9.17) is 16.9 Å². The van der Waals surface area contributed by atoms with Crippen LogP contribution in [-0.4, -0.2) is 22.6 Å². The van der Waals surface area contributed by atoms with E-state index in [1.54, 1.807) is 6.19 Å². The minimum Gasteiger partial charge on any atom is -0.321 e. The number of thiazole rings is 1. The Morgan fingerprint density at radius 3 is 2.74 bits per heavy atom. The molecule has 5 nitrogen and oxygen atoms in total. The molecule has 0 radical (unpaired) electrons. The zero-order chi connectivity index (χ0) is 16.4. The van der Waals surface area contributed by atoms with Crippen molar-refractivity contribution in [1.82, 2.24) is 10.3 Å². The molecule has 23 heavy (non-hydrogen) atoms. The molecule has 124 valence electrons. The molecule has 1 aromatic rings. The number of nitrogens with zero attached hydrogens (tertiary/aromatic N) is 2. The monoisotopic (exact) mass is 356 g/mol. The third-order valence-electron chi connectivity index (χ3n) is 4.62. The lowest BCUT2D eigenvalue weighted by molar-refractivity contribution is -0.134. The summed E-state index contributed by atoms with van der Waals surface area (Å²) in [5, 5.41) is 14.3. The predicted molar refractivity (Wildman–Crippen MR) is 87.2 cm³/mol. The Balaban J connectivity index is 1.62. The molecule has 0 aromatic carbocycles. The third-order valence-corrected chi connectivity index (χ3v) is 6.16. The molecule has 0 aliphatic heterocycles. The van der Waals surface area contributed by atoms with Crippen molar-refractivity contribution < 1.29 is 9.18 Å². The number of aromatic nitrogens is 1. The highest BCUT2D eigenvalue weighted by Crippen LogP contribution is 2.42.